The molecule has 1 rings (SSSR count). The van der Waals surface area contributed by atoms with Crippen molar-refractivity contribution >= 4 is 0 Å². The maximum atomic E-state index is 5.71. The van der Waals surface area contributed by atoms with Crippen molar-refractivity contribution in [3.05, 3.63) is 0 Å². The number of hydrogen-bond donors (Lipinski definition) is 2. The minimum Gasteiger partial charge on any atom is -0.302 e. The van der Waals surface area contributed by atoms with Gasteiger partial charge in [-0.15, -0.1) is 0 Å². The predicted octanol–water partition coefficient (Wildman–Crippen LogP) is 0.496. The third-order valence-electron chi connectivity index (χ3n) is 1.93. The minimum atomic E-state index is -0.502. The first-order chi connectivity index (χ1) is 4.27. The lowest BCUT2D eigenvalue weighted by Gasteiger charge is -2.30. The zero-order valence-corrected chi connectivity index (χ0v) is 5.60. The third-order valence-corrected chi connectivity index (χ3v) is 1.93. The summed E-state index contributed by atoms with van der Waals surface area (Å²) in [5.74, 6) is 5.01. The van der Waals surface area contributed by atoms with Crippen molar-refractivity contribution in [1.29, 1.82) is 0 Å². The number of rotatable bonds is 1. The molecule has 0 aliphatic heterocycles. The van der Waals surface area contributed by atoms with Crippen LogP contribution in [0.5, 0.6) is 0 Å². The molecule has 4 N–H and O–H groups in total. The van der Waals surface area contributed by atoms with E-state index in [9.17, 15) is 0 Å². The fraction of sp³-hybridized carbons (Fsp3) is 1.00. The zero-order chi connectivity index (χ0) is 6.74. The molecule has 0 atom stereocenters. The van der Waals surface area contributed by atoms with Gasteiger partial charge in [-0.3, -0.25) is 4.84 Å². The summed E-state index contributed by atoms with van der Waals surface area (Å²) in [6.07, 6.45) is 5.37. The highest BCUT2D eigenvalue weighted by Gasteiger charge is 2.27. The van der Waals surface area contributed by atoms with Gasteiger partial charge in [-0.2, -0.15) is 0 Å². The SMILES string of the molecule is NOC1(N)CCCCC1. The average molecular weight is 130 g/mol. The van der Waals surface area contributed by atoms with Crippen molar-refractivity contribution < 1.29 is 4.84 Å². The molecule has 0 radical (unpaired) electrons. The van der Waals surface area contributed by atoms with Gasteiger partial charge in [0.15, 0.2) is 0 Å². The van der Waals surface area contributed by atoms with E-state index >= 15 is 0 Å². The molecule has 1 aliphatic rings. The van der Waals surface area contributed by atoms with E-state index in [-0.39, 0.29) is 0 Å². The Morgan fingerprint density at radius 1 is 1.11 bits per heavy atom. The Balaban J connectivity index is 2.37. The van der Waals surface area contributed by atoms with E-state index in [0.29, 0.717) is 0 Å². The first kappa shape index (κ1) is 6.99. The molecule has 0 spiro atoms. The summed E-state index contributed by atoms with van der Waals surface area (Å²) in [5.41, 5.74) is 5.21. The van der Waals surface area contributed by atoms with Gasteiger partial charge in [0.05, 0.1) is 0 Å². The molecule has 9 heavy (non-hydrogen) atoms. The molecular formula is C6H14N2O. The van der Waals surface area contributed by atoms with E-state index in [0.717, 1.165) is 25.7 Å². The standard InChI is InChI=1S/C6H14N2O/c7-6(9-8)4-2-1-3-5-6/h1-5,7-8H2. The second-order valence-corrected chi connectivity index (χ2v) is 2.74. The lowest BCUT2D eigenvalue weighted by atomic mass is 9.93. The van der Waals surface area contributed by atoms with E-state index in [1.54, 1.807) is 0 Å². The smallest absolute Gasteiger partial charge is 0.137 e. The average Bonchev–Trinajstić information content (AvgIpc) is 1.90. The Labute approximate surface area is 55.3 Å². The molecule has 0 heterocycles. The van der Waals surface area contributed by atoms with Crippen molar-refractivity contribution in [1.82, 2.24) is 0 Å². The first-order valence-electron chi connectivity index (χ1n) is 3.44. The lowest BCUT2D eigenvalue weighted by molar-refractivity contribution is -0.0681. The Kier molecular flexibility index (Phi) is 2.05. The molecule has 1 aliphatic carbocycles. The topological polar surface area (TPSA) is 61.3 Å². The summed E-state index contributed by atoms with van der Waals surface area (Å²) in [4.78, 5) is 4.66. The molecule has 0 unspecified atom stereocenters. The van der Waals surface area contributed by atoms with Crippen LogP contribution in [0.4, 0.5) is 0 Å². The van der Waals surface area contributed by atoms with Crippen LogP contribution in [0, 0.1) is 0 Å². The van der Waals surface area contributed by atoms with E-state index in [1.165, 1.54) is 6.42 Å². The van der Waals surface area contributed by atoms with Crippen molar-refractivity contribution in [2.24, 2.45) is 11.6 Å². The van der Waals surface area contributed by atoms with Crippen LogP contribution in [0.3, 0.4) is 0 Å². The molecule has 0 aromatic rings. The molecule has 3 heteroatoms. The van der Waals surface area contributed by atoms with Crippen LogP contribution in [-0.4, -0.2) is 5.72 Å². The van der Waals surface area contributed by atoms with Gasteiger partial charge in [-0.1, -0.05) is 6.42 Å². The van der Waals surface area contributed by atoms with Crippen molar-refractivity contribution in [2.45, 2.75) is 37.8 Å². The normalized spacial score (nSPS) is 26.0. The maximum absolute atomic E-state index is 5.71. The summed E-state index contributed by atoms with van der Waals surface area (Å²) >= 11 is 0. The Morgan fingerprint density at radius 3 is 2.00 bits per heavy atom. The van der Waals surface area contributed by atoms with Gasteiger partial charge < -0.3 is 5.73 Å². The van der Waals surface area contributed by atoms with E-state index in [2.05, 4.69) is 4.84 Å². The molecule has 0 saturated heterocycles. The number of nitrogens with two attached hydrogens (primary N) is 2. The lowest BCUT2D eigenvalue weighted by Crippen LogP contribution is -2.46. The maximum Gasteiger partial charge on any atom is 0.137 e. The van der Waals surface area contributed by atoms with Gasteiger partial charge in [-0.05, 0) is 25.7 Å². The summed E-state index contributed by atoms with van der Waals surface area (Å²) in [6.45, 7) is 0. The number of hydrogen-bond acceptors (Lipinski definition) is 3. The molecule has 0 bridgehead atoms. The molecule has 1 fully saturated rings. The molecule has 0 amide bonds. The fourth-order valence-corrected chi connectivity index (χ4v) is 1.27. The second-order valence-electron chi connectivity index (χ2n) is 2.74. The van der Waals surface area contributed by atoms with E-state index < -0.39 is 5.72 Å². The van der Waals surface area contributed by atoms with Crippen LogP contribution in [0.2, 0.25) is 0 Å². The highest BCUT2D eigenvalue weighted by molar-refractivity contribution is 4.76. The van der Waals surface area contributed by atoms with Gasteiger partial charge in [-0.25, -0.2) is 5.90 Å². The minimum absolute atomic E-state index is 0.502. The van der Waals surface area contributed by atoms with Gasteiger partial charge in [0.25, 0.3) is 0 Å². The van der Waals surface area contributed by atoms with Crippen LogP contribution in [-0.2, 0) is 4.84 Å². The van der Waals surface area contributed by atoms with Crippen molar-refractivity contribution in [3.63, 3.8) is 0 Å². The Hall–Kier alpha value is -0.120. The molecule has 54 valence electrons. The quantitative estimate of drug-likeness (QED) is 0.401. The van der Waals surface area contributed by atoms with E-state index in [1.807, 2.05) is 0 Å². The van der Waals surface area contributed by atoms with Crippen LogP contribution in [0.1, 0.15) is 32.1 Å². The van der Waals surface area contributed by atoms with Crippen molar-refractivity contribution in [3.8, 4) is 0 Å². The van der Waals surface area contributed by atoms with Crippen molar-refractivity contribution in [2.75, 3.05) is 0 Å². The van der Waals surface area contributed by atoms with Gasteiger partial charge in [0.2, 0.25) is 0 Å². The summed E-state index contributed by atoms with van der Waals surface area (Å²) in [5, 5.41) is 0. The zero-order valence-electron chi connectivity index (χ0n) is 5.60. The monoisotopic (exact) mass is 130 g/mol. The van der Waals surface area contributed by atoms with Gasteiger partial charge >= 0.3 is 0 Å². The first-order valence-corrected chi connectivity index (χ1v) is 3.44. The molecule has 0 aromatic carbocycles. The highest BCUT2D eigenvalue weighted by atomic mass is 16.6. The molecular weight excluding hydrogens is 116 g/mol. The van der Waals surface area contributed by atoms with E-state index in [4.69, 9.17) is 11.6 Å². The second kappa shape index (κ2) is 2.64. The highest BCUT2D eigenvalue weighted by Crippen LogP contribution is 2.24. The molecule has 0 aromatic heterocycles. The van der Waals surface area contributed by atoms with Gasteiger partial charge in [0, 0.05) is 0 Å². The third kappa shape index (κ3) is 1.64. The Bertz CT molecular complexity index is 89.1. The summed E-state index contributed by atoms with van der Waals surface area (Å²) in [6, 6.07) is 0. The largest absolute Gasteiger partial charge is 0.302 e. The van der Waals surface area contributed by atoms with Crippen LogP contribution in [0.25, 0.3) is 0 Å². The predicted molar refractivity (Wildman–Crippen MR) is 35.3 cm³/mol. The van der Waals surface area contributed by atoms with Crippen LogP contribution >= 0.6 is 0 Å². The van der Waals surface area contributed by atoms with Crippen LogP contribution in [0.15, 0.2) is 0 Å². The van der Waals surface area contributed by atoms with Gasteiger partial charge in [0.1, 0.15) is 5.72 Å². The summed E-state index contributed by atoms with van der Waals surface area (Å²) in [7, 11) is 0. The summed E-state index contributed by atoms with van der Waals surface area (Å²) < 4.78 is 0. The molecule has 1 saturated carbocycles. The fourth-order valence-electron chi connectivity index (χ4n) is 1.27. The Morgan fingerprint density at radius 2 is 1.67 bits per heavy atom. The molecule has 3 nitrogen and oxygen atoms in total. The van der Waals surface area contributed by atoms with Crippen LogP contribution < -0.4 is 11.6 Å².